The second-order valence-electron chi connectivity index (χ2n) is 8.46. The first-order valence-electron chi connectivity index (χ1n) is 11.0. The van der Waals surface area contributed by atoms with Gasteiger partial charge in [0.1, 0.15) is 17.1 Å². The van der Waals surface area contributed by atoms with Crippen LogP contribution in [0.1, 0.15) is 44.2 Å². The van der Waals surface area contributed by atoms with Crippen LogP contribution in [0.5, 0.6) is 11.5 Å². The Kier molecular flexibility index (Phi) is 6.05. The molecule has 4 rings (SSSR count). The Hall–Kier alpha value is -3.49. The predicted molar refractivity (Wildman–Crippen MR) is 122 cm³/mol. The van der Waals surface area contributed by atoms with E-state index in [2.05, 4.69) is 5.32 Å². The molecule has 0 aliphatic carbocycles. The van der Waals surface area contributed by atoms with Gasteiger partial charge >= 0.3 is 6.18 Å². The lowest BCUT2D eigenvalue weighted by molar-refractivity contribution is -0.137. The number of amides is 2. The lowest BCUT2D eigenvalue weighted by Crippen LogP contribution is -2.38. The van der Waals surface area contributed by atoms with Crippen molar-refractivity contribution in [3.8, 4) is 11.5 Å². The summed E-state index contributed by atoms with van der Waals surface area (Å²) in [5, 5.41) is 2.77. The number of hydrogen-bond acceptors (Lipinski definition) is 4. The number of likely N-dealkylation sites (N-methyl/N-ethyl adjacent to an activating group) is 1. The van der Waals surface area contributed by atoms with Gasteiger partial charge in [0.2, 0.25) is 5.91 Å². The molecule has 9 heteroatoms. The smallest absolute Gasteiger partial charge is 0.416 e. The van der Waals surface area contributed by atoms with E-state index in [-0.39, 0.29) is 18.3 Å². The van der Waals surface area contributed by atoms with Gasteiger partial charge in [-0.1, -0.05) is 19.9 Å². The summed E-state index contributed by atoms with van der Waals surface area (Å²) in [5.41, 5.74) is 0.564. The standard InChI is InChI=1S/C25H25F3N2O4/c1-4-24(5-2)13-15(18-8-6-16(25(26,27)28)11-21(18)34-24)10-22(31)29-17-7-9-20-19(12-17)30(3)23(32)14-33-20/h6-12H,4-5,13-14H2,1-3H3,(H,29,31)/b15-10+. The van der Waals surface area contributed by atoms with Crippen LogP contribution in [0.25, 0.3) is 5.57 Å². The van der Waals surface area contributed by atoms with E-state index in [0.29, 0.717) is 47.5 Å². The number of nitrogens with one attached hydrogen (secondary N) is 1. The molecule has 34 heavy (non-hydrogen) atoms. The Labute approximate surface area is 195 Å². The Balaban J connectivity index is 1.65. The number of anilines is 2. The molecule has 180 valence electrons. The van der Waals surface area contributed by atoms with Crippen molar-refractivity contribution < 1.29 is 32.2 Å². The highest BCUT2D eigenvalue weighted by Gasteiger charge is 2.38. The van der Waals surface area contributed by atoms with Gasteiger partial charge in [0.25, 0.3) is 5.91 Å². The van der Waals surface area contributed by atoms with Gasteiger partial charge < -0.3 is 19.7 Å². The third-order valence-electron chi connectivity index (χ3n) is 6.40. The molecule has 0 unspecified atom stereocenters. The average Bonchev–Trinajstić information content (AvgIpc) is 2.80. The molecule has 0 fully saturated rings. The fourth-order valence-corrected chi connectivity index (χ4v) is 4.22. The van der Waals surface area contributed by atoms with Crippen LogP contribution < -0.4 is 19.7 Å². The zero-order chi connectivity index (χ0) is 24.7. The minimum atomic E-state index is -4.50. The van der Waals surface area contributed by atoms with Gasteiger partial charge in [0, 0.05) is 30.8 Å². The molecule has 6 nitrogen and oxygen atoms in total. The third kappa shape index (κ3) is 4.47. The zero-order valence-corrected chi connectivity index (χ0v) is 19.1. The molecule has 2 amide bonds. The molecule has 0 atom stereocenters. The van der Waals surface area contributed by atoms with Gasteiger partial charge in [-0.25, -0.2) is 0 Å². The first-order chi connectivity index (χ1) is 16.0. The van der Waals surface area contributed by atoms with Crippen molar-refractivity contribution in [1.29, 1.82) is 0 Å². The number of hydrogen-bond donors (Lipinski definition) is 1. The van der Waals surface area contributed by atoms with Gasteiger partial charge in [-0.05, 0) is 48.7 Å². The van der Waals surface area contributed by atoms with Crippen molar-refractivity contribution in [2.75, 3.05) is 23.9 Å². The van der Waals surface area contributed by atoms with Gasteiger partial charge in [0.15, 0.2) is 6.61 Å². The fraction of sp³-hybridized carbons (Fsp3) is 0.360. The second kappa shape index (κ2) is 8.70. The van der Waals surface area contributed by atoms with Crippen molar-refractivity contribution >= 4 is 28.8 Å². The van der Waals surface area contributed by atoms with E-state index in [1.54, 1.807) is 25.2 Å². The number of halogens is 3. The minimum absolute atomic E-state index is 0.0462. The van der Waals surface area contributed by atoms with Crippen molar-refractivity contribution in [2.45, 2.75) is 44.9 Å². The molecule has 0 aromatic heterocycles. The summed E-state index contributed by atoms with van der Waals surface area (Å²) in [6.07, 6.45) is -1.56. The molecule has 0 saturated carbocycles. The highest BCUT2D eigenvalue weighted by atomic mass is 19.4. The van der Waals surface area contributed by atoms with E-state index < -0.39 is 23.2 Å². The molecular weight excluding hydrogens is 449 g/mol. The number of carbonyl (C=O) groups is 2. The number of fused-ring (bicyclic) bond motifs is 2. The summed E-state index contributed by atoms with van der Waals surface area (Å²) in [5.74, 6) is 0.0166. The maximum absolute atomic E-state index is 13.3. The van der Waals surface area contributed by atoms with Gasteiger partial charge in [-0.2, -0.15) is 13.2 Å². The Bertz CT molecular complexity index is 1170. The Morgan fingerprint density at radius 2 is 1.88 bits per heavy atom. The van der Waals surface area contributed by atoms with Crippen LogP contribution in [-0.2, 0) is 15.8 Å². The van der Waals surface area contributed by atoms with Gasteiger partial charge in [-0.15, -0.1) is 0 Å². The maximum Gasteiger partial charge on any atom is 0.416 e. The summed E-state index contributed by atoms with van der Waals surface area (Å²) >= 11 is 0. The Morgan fingerprint density at radius 1 is 1.15 bits per heavy atom. The number of alkyl halides is 3. The molecule has 2 heterocycles. The molecule has 1 N–H and O–H groups in total. The van der Waals surface area contributed by atoms with Crippen LogP contribution in [0.4, 0.5) is 24.5 Å². The van der Waals surface area contributed by atoms with Crippen LogP contribution in [0.2, 0.25) is 0 Å². The van der Waals surface area contributed by atoms with E-state index in [0.717, 1.165) is 12.1 Å². The van der Waals surface area contributed by atoms with Gasteiger partial charge in [0.05, 0.1) is 11.3 Å². The second-order valence-corrected chi connectivity index (χ2v) is 8.46. The lowest BCUT2D eigenvalue weighted by Gasteiger charge is -2.39. The number of ether oxygens (including phenoxy) is 2. The fourth-order valence-electron chi connectivity index (χ4n) is 4.22. The van der Waals surface area contributed by atoms with Crippen LogP contribution in [0.15, 0.2) is 42.5 Å². The van der Waals surface area contributed by atoms with E-state index in [1.165, 1.54) is 17.0 Å². The maximum atomic E-state index is 13.3. The largest absolute Gasteiger partial charge is 0.486 e. The Morgan fingerprint density at radius 3 is 2.56 bits per heavy atom. The summed E-state index contributed by atoms with van der Waals surface area (Å²) < 4.78 is 51.2. The lowest BCUT2D eigenvalue weighted by atomic mass is 9.83. The summed E-state index contributed by atoms with van der Waals surface area (Å²) in [6, 6.07) is 8.31. The molecule has 2 aromatic rings. The first-order valence-corrected chi connectivity index (χ1v) is 11.0. The quantitative estimate of drug-likeness (QED) is 0.601. The van der Waals surface area contributed by atoms with E-state index in [1.807, 2.05) is 13.8 Å². The average molecular weight is 474 g/mol. The molecule has 0 radical (unpaired) electrons. The molecule has 0 spiro atoms. The number of benzene rings is 2. The normalized spacial score (nSPS) is 18.0. The van der Waals surface area contributed by atoms with Crippen LogP contribution in [0, 0.1) is 0 Å². The topological polar surface area (TPSA) is 67.9 Å². The predicted octanol–water partition coefficient (Wildman–Crippen LogP) is 5.42. The van der Waals surface area contributed by atoms with E-state index >= 15 is 0 Å². The van der Waals surface area contributed by atoms with Crippen LogP contribution in [-0.4, -0.2) is 31.1 Å². The molecule has 2 aliphatic heterocycles. The van der Waals surface area contributed by atoms with Gasteiger partial charge in [-0.3, -0.25) is 9.59 Å². The van der Waals surface area contributed by atoms with Crippen molar-refractivity contribution in [2.24, 2.45) is 0 Å². The first kappa shape index (κ1) is 23.7. The SMILES string of the molecule is CCC1(CC)C/C(=C\C(=O)Nc2ccc3c(c2)N(C)C(=O)CO3)c2ccc(C(F)(F)F)cc2O1. The van der Waals surface area contributed by atoms with E-state index in [9.17, 15) is 22.8 Å². The molecule has 0 bridgehead atoms. The number of nitrogens with zero attached hydrogens (tertiary/aromatic N) is 1. The van der Waals surface area contributed by atoms with Crippen molar-refractivity contribution in [3.05, 3.63) is 53.6 Å². The minimum Gasteiger partial charge on any atom is -0.486 e. The van der Waals surface area contributed by atoms with E-state index in [4.69, 9.17) is 9.47 Å². The van der Waals surface area contributed by atoms with Crippen LogP contribution in [0.3, 0.4) is 0 Å². The molecule has 2 aliphatic rings. The molecule has 2 aromatic carbocycles. The number of rotatable bonds is 4. The third-order valence-corrected chi connectivity index (χ3v) is 6.40. The summed E-state index contributed by atoms with van der Waals surface area (Å²) in [6.45, 7) is 3.77. The molecule has 0 saturated heterocycles. The molecular formula is C25H25F3N2O4. The summed E-state index contributed by atoms with van der Waals surface area (Å²) in [7, 11) is 1.63. The highest BCUT2D eigenvalue weighted by Crippen LogP contribution is 2.45. The van der Waals surface area contributed by atoms with Crippen molar-refractivity contribution in [1.82, 2.24) is 0 Å². The van der Waals surface area contributed by atoms with Crippen LogP contribution >= 0.6 is 0 Å². The van der Waals surface area contributed by atoms with Crippen molar-refractivity contribution in [3.63, 3.8) is 0 Å². The zero-order valence-electron chi connectivity index (χ0n) is 19.1. The highest BCUT2D eigenvalue weighted by molar-refractivity contribution is 6.05. The summed E-state index contributed by atoms with van der Waals surface area (Å²) in [4.78, 5) is 26.2. The monoisotopic (exact) mass is 474 g/mol. The number of carbonyl (C=O) groups excluding carboxylic acids is 2.